The predicted octanol–water partition coefficient (Wildman–Crippen LogP) is 1.50. The zero-order chi connectivity index (χ0) is 8.48. The van der Waals surface area contributed by atoms with E-state index in [4.69, 9.17) is 0 Å². The van der Waals surface area contributed by atoms with E-state index < -0.39 is 0 Å². The number of nitrogens with zero attached hydrogens (tertiary/aromatic N) is 1. The van der Waals surface area contributed by atoms with Crippen molar-refractivity contribution in [1.29, 1.82) is 0 Å². The van der Waals surface area contributed by atoms with Gasteiger partial charge in [-0.3, -0.25) is 0 Å². The first-order valence-corrected chi connectivity index (χ1v) is 3.66. The van der Waals surface area contributed by atoms with Crippen LogP contribution in [-0.2, 0) is 17.3 Å². The van der Waals surface area contributed by atoms with Crippen LogP contribution in [-0.4, -0.2) is 10.9 Å². The van der Waals surface area contributed by atoms with Gasteiger partial charge in [-0.1, -0.05) is 0 Å². The van der Waals surface area contributed by atoms with Crippen LogP contribution in [0.25, 0.3) is 0 Å². The molecule has 60 valence electrons. The molecule has 1 heterocycles. The van der Waals surface area contributed by atoms with Crippen molar-refractivity contribution in [3.8, 4) is 0 Å². The molecule has 0 aromatic carbocycles. The Morgan fingerprint density at radius 1 is 1.55 bits per heavy atom. The molecule has 11 heavy (non-hydrogen) atoms. The SMILES string of the molecule is Cn1cccc1C(C)(C)C=O. The zero-order valence-electron chi connectivity index (χ0n) is 7.16. The molecule has 0 unspecified atom stereocenters. The van der Waals surface area contributed by atoms with E-state index in [1.807, 2.05) is 43.8 Å². The Hall–Kier alpha value is -1.05. The molecule has 0 aliphatic heterocycles. The molecular formula is C9H13NO. The Morgan fingerprint density at radius 3 is 2.55 bits per heavy atom. The van der Waals surface area contributed by atoms with Crippen LogP contribution in [0.3, 0.4) is 0 Å². The molecule has 2 nitrogen and oxygen atoms in total. The molecule has 0 bridgehead atoms. The van der Waals surface area contributed by atoms with E-state index in [9.17, 15) is 4.79 Å². The van der Waals surface area contributed by atoms with Gasteiger partial charge >= 0.3 is 0 Å². The van der Waals surface area contributed by atoms with Crippen molar-refractivity contribution in [1.82, 2.24) is 4.57 Å². The van der Waals surface area contributed by atoms with Crippen molar-refractivity contribution in [2.24, 2.45) is 7.05 Å². The molecule has 0 amide bonds. The van der Waals surface area contributed by atoms with Crippen molar-refractivity contribution in [3.05, 3.63) is 24.0 Å². The quantitative estimate of drug-likeness (QED) is 0.587. The third-order valence-corrected chi connectivity index (χ3v) is 1.90. The van der Waals surface area contributed by atoms with Crippen molar-refractivity contribution < 1.29 is 4.79 Å². The molecule has 1 aromatic heterocycles. The molecule has 0 saturated carbocycles. The first-order chi connectivity index (χ1) is 5.08. The fraction of sp³-hybridized carbons (Fsp3) is 0.444. The monoisotopic (exact) mass is 151 g/mol. The molecule has 1 rings (SSSR count). The normalized spacial score (nSPS) is 11.5. The number of hydrogen-bond donors (Lipinski definition) is 0. The Balaban J connectivity index is 3.10. The summed E-state index contributed by atoms with van der Waals surface area (Å²) in [6.45, 7) is 3.82. The highest BCUT2D eigenvalue weighted by molar-refractivity contribution is 5.66. The average molecular weight is 151 g/mol. The van der Waals surface area contributed by atoms with Crippen molar-refractivity contribution >= 4 is 6.29 Å². The zero-order valence-corrected chi connectivity index (χ0v) is 7.16. The number of aryl methyl sites for hydroxylation is 1. The van der Waals surface area contributed by atoms with E-state index in [1.165, 1.54) is 0 Å². The van der Waals surface area contributed by atoms with Gasteiger partial charge in [0.05, 0.1) is 5.41 Å². The van der Waals surface area contributed by atoms with Gasteiger partial charge in [0.25, 0.3) is 0 Å². The van der Waals surface area contributed by atoms with Crippen molar-refractivity contribution in [2.45, 2.75) is 19.3 Å². The number of rotatable bonds is 2. The molecule has 0 saturated heterocycles. The van der Waals surface area contributed by atoms with Gasteiger partial charge in [0.15, 0.2) is 0 Å². The number of carbonyl (C=O) groups excluding carboxylic acids is 1. The lowest BCUT2D eigenvalue weighted by atomic mass is 9.91. The van der Waals surface area contributed by atoms with Crippen LogP contribution in [0.1, 0.15) is 19.5 Å². The maximum atomic E-state index is 10.7. The third kappa shape index (κ3) is 1.34. The minimum atomic E-state index is -0.363. The lowest BCUT2D eigenvalue weighted by Crippen LogP contribution is -2.21. The summed E-state index contributed by atoms with van der Waals surface area (Å²) in [5.74, 6) is 0. The highest BCUT2D eigenvalue weighted by atomic mass is 16.1. The largest absolute Gasteiger partial charge is 0.354 e. The minimum absolute atomic E-state index is 0.363. The fourth-order valence-electron chi connectivity index (χ4n) is 1.19. The molecule has 0 atom stereocenters. The standard InChI is InChI=1S/C9H13NO/c1-9(2,7-11)8-5-4-6-10(8)3/h4-7H,1-3H3. The van der Waals surface area contributed by atoms with Crippen LogP contribution < -0.4 is 0 Å². The third-order valence-electron chi connectivity index (χ3n) is 1.90. The van der Waals surface area contributed by atoms with Gasteiger partial charge < -0.3 is 9.36 Å². The lowest BCUT2D eigenvalue weighted by Gasteiger charge is -2.17. The number of aromatic nitrogens is 1. The molecular weight excluding hydrogens is 138 g/mol. The summed E-state index contributed by atoms with van der Waals surface area (Å²) in [5.41, 5.74) is 0.686. The van der Waals surface area contributed by atoms with E-state index in [-0.39, 0.29) is 5.41 Å². The Kier molecular flexibility index (Phi) is 1.85. The maximum absolute atomic E-state index is 10.7. The van der Waals surface area contributed by atoms with Crippen LogP contribution in [0.2, 0.25) is 0 Å². The Morgan fingerprint density at radius 2 is 2.18 bits per heavy atom. The highest BCUT2D eigenvalue weighted by Crippen LogP contribution is 2.19. The van der Waals surface area contributed by atoms with Crippen LogP contribution >= 0.6 is 0 Å². The average Bonchev–Trinajstić information content (AvgIpc) is 2.36. The maximum Gasteiger partial charge on any atom is 0.131 e. The summed E-state index contributed by atoms with van der Waals surface area (Å²) in [4.78, 5) is 10.7. The van der Waals surface area contributed by atoms with Gasteiger partial charge in [0, 0.05) is 18.9 Å². The Labute approximate surface area is 66.8 Å². The first kappa shape index (κ1) is 8.05. The second-order valence-corrected chi connectivity index (χ2v) is 3.34. The summed E-state index contributed by atoms with van der Waals surface area (Å²) >= 11 is 0. The highest BCUT2D eigenvalue weighted by Gasteiger charge is 2.21. The molecule has 0 aliphatic rings. The molecule has 0 aliphatic carbocycles. The van der Waals surface area contributed by atoms with Gasteiger partial charge in [-0.25, -0.2) is 0 Å². The predicted molar refractivity (Wildman–Crippen MR) is 44.5 cm³/mol. The molecule has 1 aromatic rings. The molecule has 0 spiro atoms. The summed E-state index contributed by atoms with van der Waals surface area (Å²) in [6, 6.07) is 3.91. The smallest absolute Gasteiger partial charge is 0.131 e. The van der Waals surface area contributed by atoms with E-state index >= 15 is 0 Å². The first-order valence-electron chi connectivity index (χ1n) is 3.66. The van der Waals surface area contributed by atoms with E-state index in [0.717, 1.165) is 12.0 Å². The molecule has 2 heteroatoms. The summed E-state index contributed by atoms with van der Waals surface area (Å²) in [7, 11) is 1.95. The number of hydrogen-bond acceptors (Lipinski definition) is 1. The lowest BCUT2D eigenvalue weighted by molar-refractivity contribution is -0.111. The van der Waals surface area contributed by atoms with Crippen molar-refractivity contribution in [3.63, 3.8) is 0 Å². The van der Waals surface area contributed by atoms with E-state index in [2.05, 4.69) is 0 Å². The number of carbonyl (C=O) groups is 1. The van der Waals surface area contributed by atoms with Gasteiger partial charge in [0.2, 0.25) is 0 Å². The van der Waals surface area contributed by atoms with Crippen LogP contribution in [0, 0.1) is 0 Å². The second kappa shape index (κ2) is 2.53. The minimum Gasteiger partial charge on any atom is -0.354 e. The fourth-order valence-corrected chi connectivity index (χ4v) is 1.19. The van der Waals surface area contributed by atoms with Crippen LogP contribution in [0.5, 0.6) is 0 Å². The van der Waals surface area contributed by atoms with Crippen LogP contribution in [0.15, 0.2) is 18.3 Å². The van der Waals surface area contributed by atoms with Gasteiger partial charge in [-0.05, 0) is 26.0 Å². The summed E-state index contributed by atoms with van der Waals surface area (Å²) in [5, 5.41) is 0. The second-order valence-electron chi connectivity index (χ2n) is 3.34. The Bertz CT molecular complexity index is 260. The molecule has 0 N–H and O–H groups in total. The van der Waals surface area contributed by atoms with Gasteiger partial charge in [-0.2, -0.15) is 0 Å². The molecule has 0 fully saturated rings. The number of aldehydes is 1. The summed E-state index contributed by atoms with van der Waals surface area (Å²) < 4.78 is 1.97. The van der Waals surface area contributed by atoms with Crippen LogP contribution in [0.4, 0.5) is 0 Å². The van der Waals surface area contributed by atoms with Crippen molar-refractivity contribution in [2.75, 3.05) is 0 Å². The summed E-state index contributed by atoms with van der Waals surface area (Å²) in [6.07, 6.45) is 2.92. The van der Waals surface area contributed by atoms with E-state index in [1.54, 1.807) is 0 Å². The van der Waals surface area contributed by atoms with Gasteiger partial charge in [-0.15, -0.1) is 0 Å². The van der Waals surface area contributed by atoms with Gasteiger partial charge in [0.1, 0.15) is 6.29 Å². The van der Waals surface area contributed by atoms with E-state index in [0.29, 0.717) is 0 Å². The topological polar surface area (TPSA) is 22.0 Å². The molecule has 0 radical (unpaired) electrons.